The summed E-state index contributed by atoms with van der Waals surface area (Å²) < 4.78 is 24.8. The van der Waals surface area contributed by atoms with Gasteiger partial charge in [-0.25, -0.2) is 4.39 Å². The zero-order valence-corrected chi connectivity index (χ0v) is 17.4. The number of hydrogen-bond acceptors (Lipinski definition) is 5. The molecule has 0 bridgehead atoms. The van der Waals surface area contributed by atoms with Crippen LogP contribution in [0.2, 0.25) is 0 Å². The van der Waals surface area contributed by atoms with Gasteiger partial charge < -0.3 is 14.3 Å². The molecule has 162 valence electrons. The summed E-state index contributed by atoms with van der Waals surface area (Å²) in [6.07, 6.45) is 1.45. The molecule has 3 aromatic carbocycles. The van der Waals surface area contributed by atoms with E-state index in [4.69, 9.17) is 9.15 Å². The predicted molar refractivity (Wildman–Crippen MR) is 121 cm³/mol. The van der Waals surface area contributed by atoms with Gasteiger partial charge in [-0.15, -0.1) is 0 Å². The molecule has 1 fully saturated rings. The Hall–Kier alpha value is -3.48. The average molecular weight is 431 g/mol. The largest absolute Gasteiger partial charge is 0.507 e. The molecule has 2 heterocycles. The molecular weight excluding hydrogens is 409 g/mol. The highest BCUT2D eigenvalue weighted by molar-refractivity contribution is 5.86. The molecule has 0 unspecified atom stereocenters. The van der Waals surface area contributed by atoms with Crippen LogP contribution in [0.15, 0.2) is 76.1 Å². The molecule has 0 atom stereocenters. The Bertz CT molecular complexity index is 1320. The molecule has 6 heteroatoms. The summed E-state index contributed by atoms with van der Waals surface area (Å²) in [4.78, 5) is 15.4. The molecule has 0 radical (unpaired) electrons. The zero-order chi connectivity index (χ0) is 22.1. The minimum absolute atomic E-state index is 0.110. The lowest BCUT2D eigenvalue weighted by molar-refractivity contribution is 0.0339. The number of fused-ring (bicyclic) bond motifs is 1. The summed E-state index contributed by atoms with van der Waals surface area (Å²) in [6, 6.07) is 16.9. The number of phenols is 1. The molecule has 0 saturated carbocycles. The van der Waals surface area contributed by atoms with E-state index in [9.17, 15) is 14.3 Å². The molecule has 1 aliphatic heterocycles. The van der Waals surface area contributed by atoms with Crippen LogP contribution in [0.4, 0.5) is 4.39 Å². The highest BCUT2D eigenvalue weighted by Gasteiger charge is 2.19. The Morgan fingerprint density at radius 3 is 2.44 bits per heavy atom. The van der Waals surface area contributed by atoms with Gasteiger partial charge in [0.1, 0.15) is 23.4 Å². The highest BCUT2D eigenvalue weighted by Crippen LogP contribution is 2.30. The maximum absolute atomic E-state index is 13.5. The van der Waals surface area contributed by atoms with Crippen molar-refractivity contribution in [3.05, 3.63) is 88.5 Å². The van der Waals surface area contributed by atoms with Gasteiger partial charge in [0, 0.05) is 19.6 Å². The fourth-order valence-corrected chi connectivity index (χ4v) is 4.09. The van der Waals surface area contributed by atoms with E-state index < -0.39 is 0 Å². The number of aromatic hydroxyl groups is 1. The zero-order valence-electron chi connectivity index (χ0n) is 17.4. The van der Waals surface area contributed by atoms with Crippen molar-refractivity contribution in [2.24, 2.45) is 0 Å². The van der Waals surface area contributed by atoms with Gasteiger partial charge in [0.15, 0.2) is 0 Å². The smallest absolute Gasteiger partial charge is 0.200 e. The van der Waals surface area contributed by atoms with Crippen LogP contribution in [-0.4, -0.2) is 36.3 Å². The Morgan fingerprint density at radius 1 is 0.938 bits per heavy atom. The number of halogens is 1. The van der Waals surface area contributed by atoms with Crippen LogP contribution in [0, 0.1) is 5.82 Å². The lowest BCUT2D eigenvalue weighted by Crippen LogP contribution is -2.35. The first-order valence-corrected chi connectivity index (χ1v) is 10.5. The first kappa shape index (κ1) is 20.4. The van der Waals surface area contributed by atoms with Crippen LogP contribution in [0.3, 0.4) is 0 Å². The van der Waals surface area contributed by atoms with Crippen LogP contribution < -0.4 is 5.43 Å². The van der Waals surface area contributed by atoms with Gasteiger partial charge in [0.2, 0.25) is 5.43 Å². The molecule has 1 aromatic heterocycles. The Morgan fingerprint density at radius 2 is 1.69 bits per heavy atom. The summed E-state index contributed by atoms with van der Waals surface area (Å²) in [6.45, 7) is 3.29. The molecule has 5 nitrogen and oxygen atoms in total. The van der Waals surface area contributed by atoms with Crippen molar-refractivity contribution in [3.63, 3.8) is 0 Å². The normalized spacial score (nSPS) is 14.7. The molecule has 1 saturated heterocycles. The SMILES string of the molecule is O=c1c(-c2ccc(-c3cccc(F)c3)cc2)coc2c(CN3CCOCC3)c(O)ccc12. The number of morpholine rings is 1. The number of rotatable bonds is 4. The van der Waals surface area contributed by atoms with Gasteiger partial charge in [-0.3, -0.25) is 9.69 Å². The van der Waals surface area contributed by atoms with Gasteiger partial charge in [-0.2, -0.15) is 0 Å². The quantitative estimate of drug-likeness (QED) is 0.503. The van der Waals surface area contributed by atoms with Crippen molar-refractivity contribution in [1.29, 1.82) is 0 Å². The summed E-state index contributed by atoms with van der Waals surface area (Å²) in [5.74, 6) is -0.183. The molecule has 32 heavy (non-hydrogen) atoms. The van der Waals surface area contributed by atoms with Crippen molar-refractivity contribution in [1.82, 2.24) is 4.90 Å². The molecule has 0 aliphatic carbocycles. The first-order chi connectivity index (χ1) is 15.6. The number of nitrogens with zero attached hydrogens (tertiary/aromatic N) is 1. The Kier molecular flexibility index (Phi) is 5.47. The van der Waals surface area contributed by atoms with Crippen molar-refractivity contribution < 1.29 is 18.7 Å². The van der Waals surface area contributed by atoms with Gasteiger partial charge in [-0.05, 0) is 41.0 Å². The van der Waals surface area contributed by atoms with Crippen LogP contribution in [-0.2, 0) is 11.3 Å². The third-order valence-corrected chi connectivity index (χ3v) is 5.86. The van der Waals surface area contributed by atoms with Crippen molar-refractivity contribution >= 4 is 11.0 Å². The summed E-state index contributed by atoms with van der Waals surface area (Å²) in [5, 5.41) is 10.9. The van der Waals surface area contributed by atoms with E-state index in [-0.39, 0.29) is 17.0 Å². The fraction of sp³-hybridized carbons (Fsp3) is 0.192. The molecule has 1 N–H and O–H groups in total. The molecule has 0 spiro atoms. The third kappa shape index (κ3) is 3.90. The molecule has 5 rings (SSSR count). The summed E-state index contributed by atoms with van der Waals surface area (Å²) >= 11 is 0. The van der Waals surface area contributed by atoms with E-state index >= 15 is 0 Å². The Labute approximate surface area is 184 Å². The maximum atomic E-state index is 13.5. The van der Waals surface area contributed by atoms with E-state index in [1.54, 1.807) is 18.2 Å². The van der Waals surface area contributed by atoms with E-state index in [2.05, 4.69) is 4.90 Å². The van der Waals surface area contributed by atoms with Gasteiger partial charge in [0.25, 0.3) is 0 Å². The monoisotopic (exact) mass is 431 g/mol. The number of phenolic OH excluding ortho intramolecular Hbond substituents is 1. The molecule has 1 aliphatic rings. The van der Waals surface area contributed by atoms with Gasteiger partial charge in [0.05, 0.1) is 29.7 Å². The minimum atomic E-state index is -0.294. The predicted octanol–water partition coefficient (Wildman–Crippen LogP) is 4.80. The van der Waals surface area contributed by atoms with Gasteiger partial charge >= 0.3 is 0 Å². The Balaban J connectivity index is 1.51. The summed E-state index contributed by atoms with van der Waals surface area (Å²) in [7, 11) is 0. The highest BCUT2D eigenvalue weighted by atomic mass is 19.1. The number of ether oxygens (including phenoxy) is 1. The lowest BCUT2D eigenvalue weighted by Gasteiger charge is -2.27. The fourth-order valence-electron chi connectivity index (χ4n) is 4.09. The van der Waals surface area contributed by atoms with Crippen molar-refractivity contribution in [2.45, 2.75) is 6.54 Å². The second kappa shape index (κ2) is 8.57. The maximum Gasteiger partial charge on any atom is 0.200 e. The third-order valence-electron chi connectivity index (χ3n) is 5.86. The van der Waals surface area contributed by atoms with Crippen LogP contribution in [0.25, 0.3) is 33.2 Å². The standard InChI is InChI=1S/C26H22FNO4/c27-20-3-1-2-19(14-20)17-4-6-18(7-5-17)23-16-32-26-21(25(23)30)8-9-24(29)22(26)15-28-10-12-31-13-11-28/h1-9,14,16,29H,10-13,15H2. The second-order valence-electron chi connectivity index (χ2n) is 7.89. The topological polar surface area (TPSA) is 62.9 Å². The van der Waals surface area contributed by atoms with E-state index in [0.29, 0.717) is 47.4 Å². The van der Waals surface area contributed by atoms with Crippen LogP contribution >= 0.6 is 0 Å². The molecular formula is C26H22FNO4. The second-order valence-corrected chi connectivity index (χ2v) is 7.89. The van der Waals surface area contributed by atoms with E-state index in [1.165, 1.54) is 18.4 Å². The van der Waals surface area contributed by atoms with E-state index in [1.807, 2.05) is 30.3 Å². The van der Waals surface area contributed by atoms with E-state index in [0.717, 1.165) is 24.2 Å². The van der Waals surface area contributed by atoms with Crippen LogP contribution in [0.1, 0.15) is 5.56 Å². The first-order valence-electron chi connectivity index (χ1n) is 10.5. The lowest BCUT2D eigenvalue weighted by atomic mass is 9.99. The average Bonchev–Trinajstić information content (AvgIpc) is 2.82. The molecule has 4 aromatic rings. The number of benzene rings is 3. The summed E-state index contributed by atoms with van der Waals surface area (Å²) in [5.41, 5.74) is 3.63. The minimum Gasteiger partial charge on any atom is -0.507 e. The van der Waals surface area contributed by atoms with Crippen molar-refractivity contribution in [2.75, 3.05) is 26.3 Å². The van der Waals surface area contributed by atoms with Gasteiger partial charge in [-0.1, -0.05) is 36.4 Å². The van der Waals surface area contributed by atoms with Crippen molar-refractivity contribution in [3.8, 4) is 28.0 Å². The molecule has 0 amide bonds. The number of hydrogen-bond donors (Lipinski definition) is 1. The van der Waals surface area contributed by atoms with Crippen LogP contribution in [0.5, 0.6) is 5.75 Å².